The zero-order valence-electron chi connectivity index (χ0n) is 13.6. The molecule has 0 spiro atoms. The number of hydrogen-bond donors (Lipinski definition) is 1. The van der Waals surface area contributed by atoms with E-state index in [4.69, 9.17) is 4.74 Å². The molecule has 1 fully saturated rings. The van der Waals surface area contributed by atoms with E-state index in [0.717, 1.165) is 24.8 Å². The first kappa shape index (κ1) is 17.0. The third-order valence-electron chi connectivity index (χ3n) is 4.42. The Bertz CT molecular complexity index is 366. The van der Waals surface area contributed by atoms with E-state index in [9.17, 15) is 9.90 Å². The Labute approximate surface area is 122 Å². The molecule has 0 unspecified atom stereocenters. The molecule has 0 aromatic rings. The largest absolute Gasteiger partial charge is 0.418 e. The second kappa shape index (κ2) is 6.61. The molecule has 0 saturated heterocycles. The van der Waals surface area contributed by atoms with Crippen molar-refractivity contribution in [2.24, 2.45) is 5.41 Å². The fraction of sp³-hybridized carbons (Fsp3) is 0.812. The summed E-state index contributed by atoms with van der Waals surface area (Å²) in [7, 11) is 0. The third kappa shape index (κ3) is 3.54. The Balaban J connectivity index is 2.79. The summed E-state index contributed by atoms with van der Waals surface area (Å²) < 4.78 is 5.37. The molecule has 4 heteroatoms. The van der Waals surface area contributed by atoms with Gasteiger partial charge in [0.1, 0.15) is 0 Å². The van der Waals surface area contributed by atoms with Crippen molar-refractivity contribution in [3.8, 4) is 0 Å². The number of hydrogen-bond acceptors (Lipinski definition) is 3. The number of carbonyl (C=O) groups is 1. The second-order valence-corrected chi connectivity index (χ2v) is 6.57. The van der Waals surface area contributed by atoms with Gasteiger partial charge in [0, 0.05) is 17.5 Å². The van der Waals surface area contributed by atoms with Crippen LogP contribution in [-0.4, -0.2) is 34.3 Å². The van der Waals surface area contributed by atoms with Crippen molar-refractivity contribution in [3.05, 3.63) is 11.8 Å². The van der Waals surface area contributed by atoms with Crippen LogP contribution in [0.25, 0.3) is 0 Å². The van der Waals surface area contributed by atoms with Crippen molar-refractivity contribution in [3.63, 3.8) is 0 Å². The lowest BCUT2D eigenvalue weighted by Gasteiger charge is -2.31. The minimum Gasteiger partial charge on any atom is -0.418 e. The van der Waals surface area contributed by atoms with Crippen LogP contribution in [0, 0.1) is 5.41 Å². The summed E-state index contributed by atoms with van der Waals surface area (Å²) in [6.07, 6.45) is 3.68. The Morgan fingerprint density at radius 3 is 2.30 bits per heavy atom. The summed E-state index contributed by atoms with van der Waals surface area (Å²) in [5.74, 6) is 0. The summed E-state index contributed by atoms with van der Waals surface area (Å²) in [5.41, 5.74) is 0.772. The van der Waals surface area contributed by atoms with E-state index >= 15 is 0 Å². The van der Waals surface area contributed by atoms with E-state index in [0.29, 0.717) is 0 Å². The molecule has 1 N–H and O–H groups in total. The summed E-state index contributed by atoms with van der Waals surface area (Å²) in [4.78, 5) is 13.9. The molecule has 0 bridgehead atoms. The van der Waals surface area contributed by atoms with Crippen LogP contribution in [0.15, 0.2) is 11.8 Å². The molecule has 2 atom stereocenters. The molecule has 0 aromatic heterocycles. The van der Waals surface area contributed by atoms with E-state index in [-0.39, 0.29) is 23.6 Å². The van der Waals surface area contributed by atoms with Gasteiger partial charge in [-0.2, -0.15) is 0 Å². The van der Waals surface area contributed by atoms with Gasteiger partial charge in [-0.05, 0) is 59.5 Å². The molecule has 1 rings (SSSR count). The van der Waals surface area contributed by atoms with E-state index in [2.05, 4.69) is 0 Å². The highest BCUT2D eigenvalue weighted by Gasteiger charge is 2.38. The smallest absolute Gasteiger partial charge is 0.415 e. The average molecular weight is 283 g/mol. The highest BCUT2D eigenvalue weighted by Crippen LogP contribution is 2.45. The van der Waals surface area contributed by atoms with Gasteiger partial charge < -0.3 is 14.7 Å². The number of aliphatic hydroxyl groups excluding tert-OH is 1. The minimum absolute atomic E-state index is 0.104. The fourth-order valence-electron chi connectivity index (χ4n) is 2.96. The molecule has 20 heavy (non-hydrogen) atoms. The molecular formula is C16H29NO3. The monoisotopic (exact) mass is 283 g/mol. The Morgan fingerprint density at radius 2 is 1.85 bits per heavy atom. The normalized spacial score (nSPS) is 26.4. The van der Waals surface area contributed by atoms with Crippen LogP contribution in [0.2, 0.25) is 0 Å². The molecule has 116 valence electrons. The molecule has 0 heterocycles. The predicted octanol–water partition coefficient (Wildman–Crippen LogP) is 3.70. The molecule has 1 amide bonds. The first-order chi connectivity index (χ1) is 9.20. The maximum atomic E-state index is 12.2. The van der Waals surface area contributed by atoms with E-state index < -0.39 is 6.10 Å². The van der Waals surface area contributed by atoms with Crippen molar-refractivity contribution in [1.82, 2.24) is 4.90 Å². The van der Waals surface area contributed by atoms with Crippen molar-refractivity contribution in [2.75, 3.05) is 0 Å². The van der Waals surface area contributed by atoms with Gasteiger partial charge in [-0.1, -0.05) is 6.92 Å². The lowest BCUT2D eigenvalue weighted by molar-refractivity contribution is 0.0780. The number of rotatable bonds is 4. The maximum Gasteiger partial charge on any atom is 0.415 e. The first-order valence-electron chi connectivity index (χ1n) is 7.56. The summed E-state index contributed by atoms with van der Waals surface area (Å²) in [6.45, 7) is 11.7. The lowest BCUT2D eigenvalue weighted by Crippen LogP contribution is -2.41. The van der Waals surface area contributed by atoms with Gasteiger partial charge in [0.05, 0.1) is 12.4 Å². The third-order valence-corrected chi connectivity index (χ3v) is 4.42. The second-order valence-electron chi connectivity index (χ2n) is 6.57. The summed E-state index contributed by atoms with van der Waals surface area (Å²) >= 11 is 0. The molecule has 1 aliphatic carbocycles. The van der Waals surface area contributed by atoms with Gasteiger partial charge in [-0.15, -0.1) is 0 Å². The molecule has 4 nitrogen and oxygen atoms in total. The van der Waals surface area contributed by atoms with Gasteiger partial charge in [-0.25, -0.2) is 4.79 Å². The molecule has 0 radical (unpaired) electrons. The minimum atomic E-state index is -0.429. The number of ether oxygens (including phenoxy) is 1. The number of nitrogens with zero attached hydrogens (tertiary/aromatic N) is 1. The molecule has 0 aromatic carbocycles. The van der Waals surface area contributed by atoms with Crippen LogP contribution in [0.4, 0.5) is 4.79 Å². The zero-order chi connectivity index (χ0) is 15.5. The number of amides is 1. The van der Waals surface area contributed by atoms with E-state index in [1.54, 1.807) is 18.1 Å². The van der Waals surface area contributed by atoms with Gasteiger partial charge in [0.2, 0.25) is 0 Å². The standard InChI is InChI=1S/C16H29NO3/c1-11(2)17(12(3)4)15(19)20-10-14-8-7-9-16(14,6)13(5)18/h10-13,18H,7-9H2,1-6H3/b14-10-/t13-,16-/m1/s1. The van der Waals surface area contributed by atoms with E-state index in [1.807, 2.05) is 34.6 Å². The molecular weight excluding hydrogens is 254 g/mol. The Hall–Kier alpha value is -1.03. The van der Waals surface area contributed by atoms with Crippen LogP contribution < -0.4 is 0 Å². The number of carbonyl (C=O) groups excluding carboxylic acids is 1. The SMILES string of the molecule is CC(C)N(C(=O)O/C=C1/CCC[C@]1(C)[C@@H](C)O)C(C)C. The van der Waals surface area contributed by atoms with Gasteiger partial charge in [-0.3, -0.25) is 0 Å². The van der Waals surface area contributed by atoms with Gasteiger partial charge in [0.25, 0.3) is 0 Å². The topological polar surface area (TPSA) is 49.8 Å². The van der Waals surface area contributed by atoms with Crippen LogP contribution in [0.5, 0.6) is 0 Å². The maximum absolute atomic E-state index is 12.2. The van der Waals surface area contributed by atoms with Crippen molar-refractivity contribution in [1.29, 1.82) is 0 Å². The zero-order valence-corrected chi connectivity index (χ0v) is 13.6. The predicted molar refractivity (Wildman–Crippen MR) is 80.3 cm³/mol. The van der Waals surface area contributed by atoms with Gasteiger partial charge in [0.15, 0.2) is 0 Å². The van der Waals surface area contributed by atoms with Crippen LogP contribution >= 0.6 is 0 Å². The van der Waals surface area contributed by atoms with Crippen molar-refractivity contribution in [2.45, 2.75) is 79.0 Å². The summed E-state index contributed by atoms with van der Waals surface area (Å²) in [5, 5.41) is 9.94. The van der Waals surface area contributed by atoms with Gasteiger partial charge >= 0.3 is 6.09 Å². The Morgan fingerprint density at radius 1 is 1.30 bits per heavy atom. The van der Waals surface area contributed by atoms with E-state index in [1.165, 1.54) is 0 Å². The van der Waals surface area contributed by atoms with Crippen LogP contribution in [-0.2, 0) is 4.74 Å². The molecule has 0 aliphatic heterocycles. The highest BCUT2D eigenvalue weighted by atomic mass is 16.5. The van der Waals surface area contributed by atoms with Crippen molar-refractivity contribution >= 4 is 6.09 Å². The quantitative estimate of drug-likeness (QED) is 0.800. The first-order valence-corrected chi connectivity index (χ1v) is 7.56. The molecule has 1 saturated carbocycles. The van der Waals surface area contributed by atoms with Crippen LogP contribution in [0.3, 0.4) is 0 Å². The van der Waals surface area contributed by atoms with Crippen molar-refractivity contribution < 1.29 is 14.6 Å². The molecule has 1 aliphatic rings. The fourth-order valence-corrected chi connectivity index (χ4v) is 2.96. The highest BCUT2D eigenvalue weighted by molar-refractivity contribution is 5.69. The Kier molecular flexibility index (Phi) is 5.63. The average Bonchev–Trinajstić information content (AvgIpc) is 2.68. The summed E-state index contributed by atoms with van der Waals surface area (Å²) in [6, 6.07) is 0.209. The van der Waals surface area contributed by atoms with Crippen LogP contribution in [0.1, 0.15) is 60.8 Å². The number of aliphatic hydroxyl groups is 1. The lowest BCUT2D eigenvalue weighted by atomic mass is 9.80.